The number of ether oxygens (including phenoxy) is 1. The zero-order chi connectivity index (χ0) is 24.8. The Kier molecular flexibility index (Phi) is 5.22. The Balaban J connectivity index is 1.48. The molecule has 34 heavy (non-hydrogen) atoms. The summed E-state index contributed by atoms with van der Waals surface area (Å²) in [6.45, 7) is 17.1. The quantitative estimate of drug-likeness (QED) is 0.280. The Morgan fingerprint density at radius 2 is 1.85 bits per heavy atom. The van der Waals surface area contributed by atoms with Crippen LogP contribution >= 0.6 is 0 Å². The normalized spacial score (nSPS) is 46.5. The van der Waals surface area contributed by atoms with Gasteiger partial charge in [-0.3, -0.25) is 14.4 Å². The van der Waals surface area contributed by atoms with Crippen LogP contribution in [0.3, 0.4) is 0 Å². The van der Waals surface area contributed by atoms with E-state index in [4.69, 9.17) is 4.74 Å². The van der Waals surface area contributed by atoms with Crippen LogP contribution in [0, 0.1) is 45.3 Å². The van der Waals surface area contributed by atoms with Gasteiger partial charge in [-0.1, -0.05) is 52.8 Å². The second-order valence-electron chi connectivity index (χ2n) is 13.5. The summed E-state index contributed by atoms with van der Waals surface area (Å²) in [6.07, 6.45) is 9.11. The molecule has 4 aliphatic carbocycles. The molecule has 5 rings (SSSR count). The Bertz CT molecular complexity index is 1000. The molecule has 186 valence electrons. The Morgan fingerprint density at radius 3 is 2.53 bits per heavy atom. The topological polar surface area (TPSA) is 60.4 Å². The van der Waals surface area contributed by atoms with Crippen molar-refractivity contribution in [1.82, 2.24) is 0 Å². The van der Waals surface area contributed by atoms with Crippen molar-refractivity contribution in [3.8, 4) is 0 Å². The molecule has 0 amide bonds. The minimum absolute atomic E-state index is 0.0118. The standard InChI is InChI=1S/C30H42O4/c1-17(2)21(31)10-8-18-25-22(34-26(18)33)16-30(7)20-9-11-23-27(3,4)24(32)13-14-28(23,5)19(20)12-15-29(25,30)6/h9,18-19,22-23,25H,1,8,10-16H2,2-7H3. The smallest absolute Gasteiger partial charge is 0.309 e. The van der Waals surface area contributed by atoms with E-state index in [1.807, 2.05) is 0 Å². The Hall–Kier alpha value is -1.71. The first-order chi connectivity index (χ1) is 15.8. The van der Waals surface area contributed by atoms with E-state index in [-0.39, 0.29) is 51.4 Å². The third-order valence-electron chi connectivity index (χ3n) is 11.8. The second-order valence-corrected chi connectivity index (χ2v) is 13.5. The monoisotopic (exact) mass is 466 g/mol. The van der Waals surface area contributed by atoms with Crippen molar-refractivity contribution in [3.63, 3.8) is 0 Å². The van der Waals surface area contributed by atoms with Gasteiger partial charge in [0, 0.05) is 24.2 Å². The van der Waals surface area contributed by atoms with Crippen LogP contribution in [-0.4, -0.2) is 23.6 Å². The van der Waals surface area contributed by atoms with Crippen molar-refractivity contribution in [2.24, 2.45) is 45.3 Å². The number of hydrogen-bond acceptors (Lipinski definition) is 4. The molecular weight excluding hydrogens is 424 g/mol. The van der Waals surface area contributed by atoms with Gasteiger partial charge < -0.3 is 4.74 Å². The maximum Gasteiger partial charge on any atom is 0.309 e. The molecule has 1 aliphatic heterocycles. The van der Waals surface area contributed by atoms with Gasteiger partial charge in [-0.2, -0.15) is 0 Å². The van der Waals surface area contributed by atoms with Crippen molar-refractivity contribution in [1.29, 1.82) is 0 Å². The van der Waals surface area contributed by atoms with Gasteiger partial charge in [-0.25, -0.2) is 0 Å². The van der Waals surface area contributed by atoms with Gasteiger partial charge in [0.15, 0.2) is 5.78 Å². The first-order valence-corrected chi connectivity index (χ1v) is 13.4. The molecule has 4 fully saturated rings. The lowest BCUT2D eigenvalue weighted by atomic mass is 9.41. The third kappa shape index (κ3) is 2.92. The summed E-state index contributed by atoms with van der Waals surface area (Å²) in [6, 6.07) is 0. The Morgan fingerprint density at radius 1 is 1.15 bits per heavy atom. The molecule has 0 aromatic carbocycles. The predicted octanol–water partition coefficient (Wildman–Crippen LogP) is 6.24. The summed E-state index contributed by atoms with van der Waals surface area (Å²) in [5.74, 6) is 1.22. The fourth-order valence-corrected chi connectivity index (χ4v) is 9.59. The minimum atomic E-state index is -0.265. The lowest BCUT2D eigenvalue weighted by Crippen LogP contribution is -2.57. The van der Waals surface area contributed by atoms with E-state index in [9.17, 15) is 14.4 Å². The van der Waals surface area contributed by atoms with Crippen LogP contribution < -0.4 is 0 Å². The molecule has 0 radical (unpaired) electrons. The molecule has 0 N–H and O–H groups in total. The molecule has 0 aromatic heterocycles. The van der Waals surface area contributed by atoms with Crippen molar-refractivity contribution in [2.75, 3.05) is 0 Å². The van der Waals surface area contributed by atoms with Gasteiger partial charge in [0.25, 0.3) is 0 Å². The molecule has 0 spiro atoms. The molecular formula is C30H42O4. The van der Waals surface area contributed by atoms with Crippen LogP contribution in [0.2, 0.25) is 0 Å². The second kappa shape index (κ2) is 7.40. The first-order valence-electron chi connectivity index (χ1n) is 13.4. The summed E-state index contributed by atoms with van der Waals surface area (Å²) >= 11 is 0. The molecule has 1 saturated heterocycles. The highest BCUT2D eigenvalue weighted by Crippen LogP contribution is 2.74. The van der Waals surface area contributed by atoms with E-state index < -0.39 is 0 Å². The maximum absolute atomic E-state index is 12.9. The average Bonchev–Trinajstić information content (AvgIpc) is 3.18. The van der Waals surface area contributed by atoms with E-state index in [0.29, 0.717) is 42.5 Å². The van der Waals surface area contributed by atoms with Crippen LogP contribution in [0.5, 0.6) is 0 Å². The van der Waals surface area contributed by atoms with Crippen LogP contribution in [0.25, 0.3) is 0 Å². The summed E-state index contributed by atoms with van der Waals surface area (Å²) in [4.78, 5) is 38.0. The van der Waals surface area contributed by atoms with E-state index in [1.165, 1.54) is 0 Å². The maximum atomic E-state index is 12.9. The molecule has 8 unspecified atom stereocenters. The highest BCUT2D eigenvalue weighted by molar-refractivity contribution is 5.94. The minimum Gasteiger partial charge on any atom is -0.462 e. The predicted molar refractivity (Wildman–Crippen MR) is 132 cm³/mol. The fourth-order valence-electron chi connectivity index (χ4n) is 9.59. The third-order valence-corrected chi connectivity index (χ3v) is 11.8. The average molecular weight is 467 g/mol. The fraction of sp³-hybridized carbons (Fsp3) is 0.767. The summed E-state index contributed by atoms with van der Waals surface area (Å²) in [7, 11) is 0. The molecule has 4 nitrogen and oxygen atoms in total. The number of carbonyl (C=O) groups excluding carboxylic acids is 3. The number of rotatable bonds is 4. The lowest BCUT2D eigenvalue weighted by molar-refractivity contribution is -0.147. The molecule has 5 aliphatic rings. The van der Waals surface area contributed by atoms with Crippen LogP contribution in [0.1, 0.15) is 92.9 Å². The number of hydrogen-bond donors (Lipinski definition) is 0. The van der Waals surface area contributed by atoms with E-state index in [0.717, 1.165) is 32.1 Å². The van der Waals surface area contributed by atoms with Crippen molar-refractivity contribution < 1.29 is 19.1 Å². The number of ketones is 2. The highest BCUT2D eigenvalue weighted by atomic mass is 16.6. The molecule has 3 saturated carbocycles. The zero-order valence-electron chi connectivity index (χ0n) is 22.0. The van der Waals surface area contributed by atoms with Crippen molar-refractivity contribution >= 4 is 17.5 Å². The van der Waals surface area contributed by atoms with Gasteiger partial charge >= 0.3 is 5.97 Å². The van der Waals surface area contributed by atoms with E-state index in [1.54, 1.807) is 12.5 Å². The first kappa shape index (κ1) is 24.0. The summed E-state index contributed by atoms with van der Waals surface area (Å²) < 4.78 is 6.03. The molecule has 8 atom stereocenters. The number of allylic oxidation sites excluding steroid dienone is 3. The van der Waals surface area contributed by atoms with Crippen molar-refractivity contribution in [2.45, 2.75) is 99.0 Å². The van der Waals surface area contributed by atoms with Gasteiger partial charge in [-0.05, 0) is 79.1 Å². The number of carbonyl (C=O) groups is 3. The van der Waals surface area contributed by atoms with Crippen LogP contribution in [0.4, 0.5) is 0 Å². The summed E-state index contributed by atoms with van der Waals surface area (Å²) in [5.41, 5.74) is 1.99. The SMILES string of the molecule is C=C(C)C(=O)CCC1C(=O)OC2CC3(C)C4=CCC5C(C)(C)C(=O)CCC5(C)C4CCC3(C)C21. The molecule has 0 bridgehead atoms. The van der Waals surface area contributed by atoms with Gasteiger partial charge in [0.2, 0.25) is 0 Å². The molecule has 1 heterocycles. The largest absolute Gasteiger partial charge is 0.462 e. The zero-order valence-corrected chi connectivity index (χ0v) is 22.0. The molecule has 4 heteroatoms. The lowest BCUT2D eigenvalue weighted by Gasteiger charge is -2.63. The Labute approximate surface area is 205 Å². The van der Waals surface area contributed by atoms with Gasteiger partial charge in [0.05, 0.1) is 5.92 Å². The van der Waals surface area contributed by atoms with Crippen molar-refractivity contribution in [3.05, 3.63) is 23.8 Å². The van der Waals surface area contributed by atoms with Gasteiger partial charge in [-0.15, -0.1) is 0 Å². The number of Topliss-reactive ketones (excluding diaryl/α,β-unsaturated/α-hetero) is 2. The molecule has 0 aromatic rings. The van der Waals surface area contributed by atoms with E-state index in [2.05, 4.69) is 47.3 Å². The number of fused-ring (bicyclic) bond motifs is 7. The van der Waals surface area contributed by atoms with Crippen LogP contribution in [-0.2, 0) is 19.1 Å². The highest BCUT2D eigenvalue weighted by Gasteiger charge is 2.71. The van der Waals surface area contributed by atoms with E-state index >= 15 is 0 Å². The van der Waals surface area contributed by atoms with Crippen LogP contribution in [0.15, 0.2) is 23.8 Å². The summed E-state index contributed by atoms with van der Waals surface area (Å²) in [5, 5.41) is 0. The van der Waals surface area contributed by atoms with Gasteiger partial charge in [0.1, 0.15) is 11.9 Å². The number of esters is 1.